The van der Waals surface area contributed by atoms with Crippen LogP contribution < -0.4 is 10.5 Å². The quantitative estimate of drug-likeness (QED) is 0.646. The number of aromatic nitrogens is 1. The zero-order valence-electron chi connectivity index (χ0n) is 17.6. The smallest absolute Gasteiger partial charge is 0.308 e. The van der Waals surface area contributed by atoms with Crippen LogP contribution in [0.15, 0.2) is 24.3 Å². The van der Waals surface area contributed by atoms with Crippen LogP contribution in [0.2, 0.25) is 0 Å². The number of benzene rings is 1. The summed E-state index contributed by atoms with van der Waals surface area (Å²) in [6, 6.07) is 8.22. The van der Waals surface area contributed by atoms with E-state index in [9.17, 15) is 4.79 Å². The molecule has 1 aromatic heterocycles. The first kappa shape index (κ1) is 26.4. The molecule has 0 saturated carbocycles. The Bertz CT molecular complexity index is 798. The van der Waals surface area contributed by atoms with Gasteiger partial charge in [-0.3, -0.25) is 9.78 Å². The number of nitrogens with zero attached hydrogens (tertiary/aromatic N) is 1. The summed E-state index contributed by atoms with van der Waals surface area (Å²) in [5.41, 5.74) is 12.0. The van der Waals surface area contributed by atoms with Crippen molar-refractivity contribution in [2.24, 2.45) is 11.1 Å². The topological polar surface area (TPSA) is 65.2 Å². The van der Waals surface area contributed by atoms with Gasteiger partial charge in [0.2, 0.25) is 0 Å². The Morgan fingerprint density at radius 2 is 1.68 bits per heavy atom. The van der Waals surface area contributed by atoms with Gasteiger partial charge < -0.3 is 10.5 Å². The van der Waals surface area contributed by atoms with Crippen molar-refractivity contribution < 1.29 is 9.53 Å². The molecule has 2 aromatic rings. The van der Waals surface area contributed by atoms with E-state index in [2.05, 4.69) is 52.0 Å². The van der Waals surface area contributed by atoms with Gasteiger partial charge in [0, 0.05) is 24.7 Å². The van der Waals surface area contributed by atoms with Crippen molar-refractivity contribution in [1.82, 2.24) is 4.98 Å². The number of hydrogen-bond donors (Lipinski definition) is 1. The molecule has 1 heterocycles. The Labute approximate surface area is 181 Å². The number of aryl methyl sites for hydroxylation is 2. The third kappa shape index (κ3) is 6.47. The molecule has 156 valence electrons. The molecule has 0 radical (unpaired) electrons. The van der Waals surface area contributed by atoms with E-state index in [4.69, 9.17) is 15.5 Å². The van der Waals surface area contributed by atoms with E-state index in [1.54, 1.807) is 0 Å². The summed E-state index contributed by atoms with van der Waals surface area (Å²) in [7, 11) is 0. The van der Waals surface area contributed by atoms with Crippen LogP contribution in [0, 0.1) is 12.3 Å². The minimum atomic E-state index is -0.346. The van der Waals surface area contributed by atoms with Crippen molar-refractivity contribution in [2.45, 2.75) is 60.9 Å². The van der Waals surface area contributed by atoms with Crippen LogP contribution in [-0.2, 0) is 24.2 Å². The van der Waals surface area contributed by atoms with Crippen LogP contribution in [-0.4, -0.2) is 11.0 Å². The van der Waals surface area contributed by atoms with Crippen LogP contribution >= 0.6 is 24.8 Å². The first-order valence-corrected chi connectivity index (χ1v) is 9.16. The van der Waals surface area contributed by atoms with Gasteiger partial charge in [-0.05, 0) is 36.3 Å². The molecule has 28 heavy (non-hydrogen) atoms. The summed E-state index contributed by atoms with van der Waals surface area (Å²) in [5.74, 6) is 0.198. The minimum absolute atomic E-state index is 0. The molecule has 4 nitrogen and oxygen atoms in total. The molecule has 0 aliphatic carbocycles. The SMILES string of the molecule is CCc1nc(CC(C)(C)C)c(CN)c(-c2ccc(C)cc2)c1OC(C)=O.Cl.Cl. The molecule has 1 aromatic carbocycles. The number of carbonyl (C=O) groups excluding carboxylic acids is 1. The van der Waals surface area contributed by atoms with Crippen LogP contribution in [0.5, 0.6) is 5.75 Å². The Morgan fingerprint density at radius 3 is 2.11 bits per heavy atom. The predicted octanol–water partition coefficient (Wildman–Crippen LogP) is 5.44. The van der Waals surface area contributed by atoms with Crippen molar-refractivity contribution in [2.75, 3.05) is 0 Å². The van der Waals surface area contributed by atoms with E-state index in [1.165, 1.54) is 12.5 Å². The highest BCUT2D eigenvalue weighted by Crippen LogP contribution is 2.39. The minimum Gasteiger partial charge on any atom is -0.424 e. The standard InChI is InChI=1S/C22H30N2O2.2ClH/c1-7-18-21(26-15(3)25)20(16-10-8-14(2)9-11-16)17(13-23)19(24-18)12-22(4,5)6;;/h8-11H,7,12-13,23H2,1-6H3;2*1H. The first-order valence-electron chi connectivity index (χ1n) is 9.16. The Morgan fingerprint density at radius 1 is 1.11 bits per heavy atom. The van der Waals surface area contributed by atoms with Gasteiger partial charge in [-0.1, -0.05) is 57.5 Å². The highest BCUT2D eigenvalue weighted by molar-refractivity contribution is 5.85. The fourth-order valence-electron chi connectivity index (χ4n) is 3.09. The van der Waals surface area contributed by atoms with Gasteiger partial charge >= 0.3 is 5.97 Å². The summed E-state index contributed by atoms with van der Waals surface area (Å²) >= 11 is 0. The third-order valence-electron chi connectivity index (χ3n) is 4.23. The Balaban J connectivity index is 0.00000364. The van der Waals surface area contributed by atoms with Crippen LogP contribution in [0.3, 0.4) is 0 Å². The van der Waals surface area contributed by atoms with Crippen LogP contribution in [0.4, 0.5) is 0 Å². The van der Waals surface area contributed by atoms with Gasteiger partial charge in [0.1, 0.15) is 0 Å². The molecule has 0 bridgehead atoms. The van der Waals surface area contributed by atoms with Gasteiger partial charge in [0.25, 0.3) is 0 Å². The summed E-state index contributed by atoms with van der Waals surface area (Å²) in [6.45, 7) is 12.4. The average molecular weight is 427 g/mol. The monoisotopic (exact) mass is 426 g/mol. The number of pyridine rings is 1. The Hall–Kier alpha value is -1.62. The summed E-state index contributed by atoms with van der Waals surface area (Å²) in [5, 5.41) is 0. The van der Waals surface area contributed by atoms with E-state index < -0.39 is 0 Å². The highest BCUT2D eigenvalue weighted by Gasteiger charge is 2.24. The van der Waals surface area contributed by atoms with Crippen molar-refractivity contribution >= 4 is 30.8 Å². The fourth-order valence-corrected chi connectivity index (χ4v) is 3.09. The van der Waals surface area contributed by atoms with Gasteiger partial charge in [-0.15, -0.1) is 24.8 Å². The van der Waals surface area contributed by atoms with Gasteiger partial charge in [0.15, 0.2) is 5.75 Å². The molecular weight excluding hydrogens is 395 g/mol. The van der Waals surface area contributed by atoms with Gasteiger partial charge in [0.05, 0.1) is 5.69 Å². The molecular formula is C22H32Cl2N2O2. The molecule has 0 saturated heterocycles. The third-order valence-corrected chi connectivity index (χ3v) is 4.23. The molecule has 0 amide bonds. The molecule has 0 aliphatic heterocycles. The lowest BCUT2D eigenvalue weighted by Gasteiger charge is -2.24. The second-order valence-electron chi connectivity index (χ2n) is 7.94. The predicted molar refractivity (Wildman–Crippen MR) is 121 cm³/mol. The summed E-state index contributed by atoms with van der Waals surface area (Å²) in [4.78, 5) is 16.6. The number of nitrogens with two attached hydrogens (primary N) is 1. The second-order valence-corrected chi connectivity index (χ2v) is 7.94. The molecule has 0 atom stereocenters. The average Bonchev–Trinajstić information content (AvgIpc) is 2.54. The van der Waals surface area contributed by atoms with Crippen molar-refractivity contribution in [3.63, 3.8) is 0 Å². The number of rotatable bonds is 5. The summed E-state index contributed by atoms with van der Waals surface area (Å²) in [6.07, 6.45) is 1.50. The van der Waals surface area contributed by atoms with Crippen molar-refractivity contribution in [3.05, 3.63) is 46.8 Å². The lowest BCUT2D eigenvalue weighted by atomic mass is 9.86. The molecule has 2 rings (SSSR count). The number of halogens is 2. The first-order chi connectivity index (χ1) is 12.2. The molecule has 0 aliphatic rings. The van der Waals surface area contributed by atoms with E-state index in [0.29, 0.717) is 18.7 Å². The fraction of sp³-hybridized carbons (Fsp3) is 0.455. The maximum Gasteiger partial charge on any atom is 0.308 e. The van der Waals surface area contributed by atoms with E-state index in [0.717, 1.165) is 34.5 Å². The molecule has 6 heteroatoms. The molecule has 0 fully saturated rings. The second kappa shape index (κ2) is 10.8. The number of ether oxygens (including phenoxy) is 1. The number of carbonyl (C=O) groups is 1. The normalized spacial score (nSPS) is 10.7. The summed E-state index contributed by atoms with van der Waals surface area (Å²) < 4.78 is 5.62. The van der Waals surface area contributed by atoms with E-state index in [1.807, 2.05) is 6.92 Å². The maximum absolute atomic E-state index is 11.8. The van der Waals surface area contributed by atoms with Crippen LogP contribution in [0.25, 0.3) is 11.1 Å². The maximum atomic E-state index is 11.8. The van der Waals surface area contributed by atoms with E-state index >= 15 is 0 Å². The van der Waals surface area contributed by atoms with Crippen molar-refractivity contribution in [3.8, 4) is 16.9 Å². The molecule has 0 spiro atoms. The zero-order chi connectivity index (χ0) is 19.5. The zero-order valence-corrected chi connectivity index (χ0v) is 19.2. The van der Waals surface area contributed by atoms with Gasteiger partial charge in [-0.25, -0.2) is 0 Å². The lowest BCUT2D eigenvalue weighted by molar-refractivity contribution is -0.131. The Kier molecular flexibility index (Phi) is 10.2. The number of hydrogen-bond acceptors (Lipinski definition) is 4. The van der Waals surface area contributed by atoms with Crippen molar-refractivity contribution in [1.29, 1.82) is 0 Å². The van der Waals surface area contributed by atoms with E-state index in [-0.39, 0.29) is 36.2 Å². The molecule has 0 unspecified atom stereocenters. The molecule has 2 N–H and O–H groups in total. The largest absolute Gasteiger partial charge is 0.424 e. The number of esters is 1. The van der Waals surface area contributed by atoms with Crippen LogP contribution in [0.1, 0.15) is 57.1 Å². The lowest BCUT2D eigenvalue weighted by Crippen LogP contribution is -2.18. The highest BCUT2D eigenvalue weighted by atomic mass is 35.5. The van der Waals surface area contributed by atoms with Gasteiger partial charge in [-0.2, -0.15) is 0 Å².